The van der Waals surface area contributed by atoms with E-state index >= 15 is 0 Å². The summed E-state index contributed by atoms with van der Waals surface area (Å²) in [5, 5.41) is 11.2. The summed E-state index contributed by atoms with van der Waals surface area (Å²) in [6, 6.07) is 22.2. The van der Waals surface area contributed by atoms with Crippen molar-refractivity contribution in [3.8, 4) is 11.4 Å². The van der Waals surface area contributed by atoms with E-state index in [2.05, 4.69) is 63.4 Å². The van der Waals surface area contributed by atoms with E-state index in [0.717, 1.165) is 57.7 Å². The van der Waals surface area contributed by atoms with Crippen molar-refractivity contribution in [2.75, 3.05) is 12.3 Å². The van der Waals surface area contributed by atoms with Crippen LogP contribution < -0.4 is 15.8 Å². The van der Waals surface area contributed by atoms with Gasteiger partial charge in [-0.05, 0) is 56.7 Å². The average Bonchev–Trinajstić information content (AvgIpc) is 3.21. The highest BCUT2D eigenvalue weighted by Gasteiger charge is 2.22. The number of aromatic nitrogens is 3. The molecule has 8 nitrogen and oxygen atoms in total. The fourth-order valence-corrected chi connectivity index (χ4v) is 4.10. The van der Waals surface area contributed by atoms with Crippen LogP contribution >= 0.6 is 0 Å². The zero-order valence-corrected chi connectivity index (χ0v) is 23.7. The summed E-state index contributed by atoms with van der Waals surface area (Å²) in [5.41, 5.74) is 12.9. The molecule has 2 heterocycles. The van der Waals surface area contributed by atoms with Gasteiger partial charge in [0, 0.05) is 30.3 Å². The Bertz CT molecular complexity index is 1420. The maximum absolute atomic E-state index is 9.93. The molecule has 0 saturated heterocycles. The molecule has 1 aliphatic rings. The van der Waals surface area contributed by atoms with Crippen LogP contribution in [0.4, 0.5) is 5.69 Å². The Kier molecular flexibility index (Phi) is 10.4. The number of nitrogens with two attached hydrogens (primary N) is 1. The van der Waals surface area contributed by atoms with Gasteiger partial charge in [0.05, 0.1) is 11.4 Å². The zero-order valence-electron chi connectivity index (χ0n) is 23.7. The van der Waals surface area contributed by atoms with Crippen molar-refractivity contribution < 1.29 is 9.53 Å². The predicted octanol–water partition coefficient (Wildman–Crippen LogP) is 5.56. The van der Waals surface area contributed by atoms with E-state index < -0.39 is 0 Å². The minimum atomic E-state index is 0.0394. The smallest absolute Gasteiger partial charge is 0.216 e. The number of benzene rings is 3. The van der Waals surface area contributed by atoms with Gasteiger partial charge in [-0.3, -0.25) is 14.4 Å². The SMILES string of the molecule is CC.CCNC(C)=O.Cc1ccc(C2=NCc3nnc(C)n3-c3ccc(OCc4cccc(N)c4)cc32)cc1. The average molecular weight is 527 g/mol. The Morgan fingerprint density at radius 3 is 2.41 bits per heavy atom. The highest BCUT2D eigenvalue weighted by Crippen LogP contribution is 2.29. The lowest BCUT2D eigenvalue weighted by molar-refractivity contribution is -0.118. The Morgan fingerprint density at radius 1 is 1.03 bits per heavy atom. The van der Waals surface area contributed by atoms with Gasteiger partial charge in [-0.15, -0.1) is 10.2 Å². The number of aliphatic imine (C=N–C) groups is 1. The number of nitrogens with zero attached hydrogens (tertiary/aromatic N) is 4. The first-order valence-electron chi connectivity index (χ1n) is 13.2. The van der Waals surface area contributed by atoms with Gasteiger partial charge < -0.3 is 15.8 Å². The summed E-state index contributed by atoms with van der Waals surface area (Å²) in [4.78, 5) is 14.8. The molecule has 1 aromatic heterocycles. The first-order valence-corrected chi connectivity index (χ1v) is 13.2. The Labute approximate surface area is 231 Å². The molecule has 0 radical (unpaired) electrons. The number of rotatable bonds is 5. The molecule has 4 aromatic rings. The number of fused-ring (bicyclic) bond motifs is 3. The van der Waals surface area contributed by atoms with Gasteiger partial charge in [0.25, 0.3) is 0 Å². The first-order chi connectivity index (χ1) is 18.9. The molecule has 1 amide bonds. The lowest BCUT2D eigenvalue weighted by Gasteiger charge is -2.15. The monoisotopic (exact) mass is 526 g/mol. The second kappa shape index (κ2) is 13.9. The second-order valence-electron chi connectivity index (χ2n) is 8.83. The third-order valence-electron chi connectivity index (χ3n) is 5.84. The molecule has 0 saturated carbocycles. The Hall–Kier alpha value is -4.46. The molecule has 0 unspecified atom stereocenters. The molecule has 8 heteroatoms. The summed E-state index contributed by atoms with van der Waals surface area (Å²) in [6.45, 7) is 13.1. The highest BCUT2D eigenvalue weighted by atomic mass is 16.5. The van der Waals surface area contributed by atoms with Crippen LogP contribution in [0.25, 0.3) is 5.69 Å². The predicted molar refractivity (Wildman–Crippen MR) is 158 cm³/mol. The third-order valence-corrected chi connectivity index (χ3v) is 5.84. The molecular weight excluding hydrogens is 488 g/mol. The number of carbonyl (C=O) groups excluding carboxylic acids is 1. The molecule has 0 fully saturated rings. The summed E-state index contributed by atoms with van der Waals surface area (Å²) in [6.07, 6.45) is 0. The number of amides is 1. The van der Waals surface area contributed by atoms with Crippen molar-refractivity contribution in [1.82, 2.24) is 20.1 Å². The number of carbonyl (C=O) groups is 1. The van der Waals surface area contributed by atoms with E-state index in [1.165, 1.54) is 12.5 Å². The normalized spacial score (nSPS) is 11.3. The Morgan fingerprint density at radius 2 is 1.77 bits per heavy atom. The van der Waals surface area contributed by atoms with Crippen molar-refractivity contribution in [3.05, 3.63) is 101 Å². The minimum Gasteiger partial charge on any atom is -0.489 e. The van der Waals surface area contributed by atoms with E-state index in [1.807, 2.05) is 58.0 Å². The number of nitrogen functional groups attached to an aromatic ring is 1. The number of ether oxygens (including phenoxy) is 1. The minimum absolute atomic E-state index is 0.0394. The van der Waals surface area contributed by atoms with Gasteiger partial charge in [-0.25, -0.2) is 0 Å². The molecule has 0 aliphatic carbocycles. The van der Waals surface area contributed by atoms with Crippen LogP contribution in [0.1, 0.15) is 61.6 Å². The molecule has 204 valence electrons. The van der Waals surface area contributed by atoms with Gasteiger partial charge in [0.1, 0.15) is 24.7 Å². The summed E-state index contributed by atoms with van der Waals surface area (Å²) in [7, 11) is 0. The van der Waals surface area contributed by atoms with Crippen molar-refractivity contribution >= 4 is 17.3 Å². The Balaban J connectivity index is 0.000000467. The van der Waals surface area contributed by atoms with Gasteiger partial charge in [0.2, 0.25) is 5.91 Å². The van der Waals surface area contributed by atoms with E-state index in [-0.39, 0.29) is 5.91 Å². The van der Waals surface area contributed by atoms with Crippen LogP contribution in [0.2, 0.25) is 0 Å². The second-order valence-corrected chi connectivity index (χ2v) is 8.83. The number of hydrogen-bond donors (Lipinski definition) is 2. The maximum atomic E-state index is 9.93. The van der Waals surface area contributed by atoms with Crippen molar-refractivity contribution in [2.24, 2.45) is 4.99 Å². The molecule has 39 heavy (non-hydrogen) atoms. The molecule has 3 N–H and O–H groups in total. The summed E-state index contributed by atoms with van der Waals surface area (Å²) in [5.74, 6) is 2.48. The van der Waals surface area contributed by atoms with Crippen LogP contribution in [0, 0.1) is 13.8 Å². The molecule has 0 spiro atoms. The van der Waals surface area contributed by atoms with Gasteiger partial charge in [-0.2, -0.15) is 0 Å². The van der Waals surface area contributed by atoms with Crippen molar-refractivity contribution in [2.45, 2.75) is 54.7 Å². The topological polar surface area (TPSA) is 107 Å². The molecule has 3 aromatic carbocycles. The molecule has 0 atom stereocenters. The van der Waals surface area contributed by atoms with Gasteiger partial charge >= 0.3 is 0 Å². The zero-order chi connectivity index (χ0) is 28.4. The van der Waals surface area contributed by atoms with Crippen LogP contribution in [0.15, 0.2) is 71.7 Å². The van der Waals surface area contributed by atoms with Crippen LogP contribution in [0.5, 0.6) is 5.75 Å². The first kappa shape index (κ1) is 29.1. The quantitative estimate of drug-likeness (QED) is 0.331. The van der Waals surface area contributed by atoms with E-state index in [1.54, 1.807) is 0 Å². The standard InChI is InChI=1S/C25H23N5O.C4H9NO.C2H6/c1-16-6-8-19(9-7-16)25-22-13-21(31-15-18-4-3-5-20(26)12-18)10-11-23(22)30-17(2)28-29-24(30)14-27-25;1-3-5-4(2)6;1-2/h3-13H,14-15,26H2,1-2H3;3H2,1-2H3,(H,5,6);1-2H3. The van der Waals surface area contributed by atoms with Gasteiger partial charge in [0.15, 0.2) is 5.82 Å². The van der Waals surface area contributed by atoms with Crippen LogP contribution in [-0.4, -0.2) is 32.9 Å². The summed E-state index contributed by atoms with van der Waals surface area (Å²) >= 11 is 0. The van der Waals surface area contributed by atoms with Crippen LogP contribution in [0.3, 0.4) is 0 Å². The molecular formula is C31H38N6O2. The van der Waals surface area contributed by atoms with E-state index in [0.29, 0.717) is 13.2 Å². The largest absolute Gasteiger partial charge is 0.489 e. The van der Waals surface area contributed by atoms with Crippen molar-refractivity contribution in [1.29, 1.82) is 0 Å². The number of aryl methyl sites for hydroxylation is 2. The highest BCUT2D eigenvalue weighted by molar-refractivity contribution is 6.15. The number of nitrogens with one attached hydrogen (secondary N) is 1. The fraction of sp³-hybridized carbons (Fsp3) is 0.290. The molecule has 0 bridgehead atoms. The van der Waals surface area contributed by atoms with Crippen LogP contribution in [-0.2, 0) is 17.9 Å². The molecule has 5 rings (SSSR count). The van der Waals surface area contributed by atoms with E-state index in [9.17, 15) is 4.79 Å². The summed E-state index contributed by atoms with van der Waals surface area (Å²) < 4.78 is 8.18. The lowest BCUT2D eigenvalue weighted by Crippen LogP contribution is -2.18. The van der Waals surface area contributed by atoms with Gasteiger partial charge in [-0.1, -0.05) is 55.8 Å². The fourth-order valence-electron chi connectivity index (χ4n) is 4.10. The molecule has 1 aliphatic heterocycles. The third kappa shape index (κ3) is 7.54. The lowest BCUT2D eigenvalue weighted by atomic mass is 9.99. The maximum Gasteiger partial charge on any atom is 0.216 e. The van der Waals surface area contributed by atoms with Crippen molar-refractivity contribution in [3.63, 3.8) is 0 Å². The number of hydrogen-bond acceptors (Lipinski definition) is 6. The number of anilines is 1. The van der Waals surface area contributed by atoms with E-state index in [4.69, 9.17) is 15.5 Å².